The fraction of sp³-hybridized carbons (Fsp3) is 0.235. The Hall–Kier alpha value is -2.67. The Bertz CT molecular complexity index is 647. The molecule has 2 rings (SSSR count). The molecule has 4 heteroatoms. The van der Waals surface area contributed by atoms with Gasteiger partial charge in [0.25, 0.3) is 0 Å². The molecule has 0 aliphatic rings. The Balaban J connectivity index is 2.23. The van der Waals surface area contributed by atoms with E-state index in [4.69, 9.17) is 14.7 Å². The number of hydrogen-bond donors (Lipinski definition) is 1. The molecule has 108 valence electrons. The largest absolute Gasteiger partial charge is 0.490 e. The summed E-state index contributed by atoms with van der Waals surface area (Å²) in [6, 6.07) is 15.2. The van der Waals surface area contributed by atoms with Crippen LogP contribution in [0.2, 0.25) is 0 Å². The molecule has 0 heterocycles. The number of nitriles is 1. The van der Waals surface area contributed by atoms with Gasteiger partial charge in [0.1, 0.15) is 0 Å². The van der Waals surface area contributed by atoms with Crippen LogP contribution in [0.5, 0.6) is 11.5 Å². The van der Waals surface area contributed by atoms with Gasteiger partial charge in [-0.1, -0.05) is 6.07 Å². The van der Waals surface area contributed by atoms with E-state index in [1.54, 1.807) is 12.1 Å². The summed E-state index contributed by atoms with van der Waals surface area (Å²) < 4.78 is 11.1. The Morgan fingerprint density at radius 1 is 0.952 bits per heavy atom. The maximum absolute atomic E-state index is 8.92. The number of nitrogens with zero attached hydrogens (tertiary/aromatic N) is 1. The van der Waals surface area contributed by atoms with Crippen molar-refractivity contribution in [2.75, 3.05) is 18.5 Å². The molecule has 0 aliphatic heterocycles. The Morgan fingerprint density at radius 2 is 1.67 bits per heavy atom. The number of nitrogens with one attached hydrogen (secondary N) is 1. The van der Waals surface area contributed by atoms with Gasteiger partial charge in [-0.15, -0.1) is 0 Å². The summed E-state index contributed by atoms with van der Waals surface area (Å²) in [5, 5.41) is 12.2. The second-order valence-electron chi connectivity index (χ2n) is 4.35. The molecule has 0 amide bonds. The Kier molecular flexibility index (Phi) is 5.05. The van der Waals surface area contributed by atoms with Gasteiger partial charge in [-0.25, -0.2) is 0 Å². The maximum atomic E-state index is 8.92. The summed E-state index contributed by atoms with van der Waals surface area (Å²) >= 11 is 0. The lowest BCUT2D eigenvalue weighted by atomic mass is 10.2. The van der Waals surface area contributed by atoms with Gasteiger partial charge in [0.05, 0.1) is 24.8 Å². The molecule has 0 unspecified atom stereocenters. The highest BCUT2D eigenvalue weighted by molar-refractivity contribution is 5.64. The first-order chi connectivity index (χ1) is 10.3. The lowest BCUT2D eigenvalue weighted by Gasteiger charge is -2.13. The molecule has 0 saturated heterocycles. The third kappa shape index (κ3) is 3.90. The minimum atomic E-state index is 0.577. The van der Waals surface area contributed by atoms with Crippen LogP contribution in [0, 0.1) is 11.3 Å². The number of ether oxygens (including phenoxy) is 2. The highest BCUT2D eigenvalue weighted by Gasteiger charge is 2.06. The molecule has 0 saturated carbocycles. The van der Waals surface area contributed by atoms with E-state index >= 15 is 0 Å². The smallest absolute Gasteiger partial charge is 0.163 e. The average Bonchev–Trinajstić information content (AvgIpc) is 2.50. The van der Waals surface area contributed by atoms with Crippen molar-refractivity contribution in [3.05, 3.63) is 48.0 Å². The van der Waals surface area contributed by atoms with Gasteiger partial charge in [-0.05, 0) is 44.2 Å². The fourth-order valence-electron chi connectivity index (χ4n) is 1.96. The molecule has 0 aliphatic carbocycles. The maximum Gasteiger partial charge on any atom is 0.163 e. The molecule has 0 radical (unpaired) electrons. The minimum absolute atomic E-state index is 0.577. The predicted octanol–water partition coefficient (Wildman–Crippen LogP) is 4.10. The molecule has 0 fully saturated rings. The molecule has 2 aromatic rings. The van der Waals surface area contributed by atoms with Crippen molar-refractivity contribution in [3.8, 4) is 17.6 Å². The van der Waals surface area contributed by atoms with Crippen LogP contribution in [0.3, 0.4) is 0 Å². The normalized spacial score (nSPS) is 9.76. The van der Waals surface area contributed by atoms with E-state index in [2.05, 4.69) is 11.4 Å². The van der Waals surface area contributed by atoms with Crippen LogP contribution in [0.15, 0.2) is 42.5 Å². The highest BCUT2D eigenvalue weighted by atomic mass is 16.5. The van der Waals surface area contributed by atoms with Gasteiger partial charge in [-0.3, -0.25) is 0 Å². The number of rotatable bonds is 6. The monoisotopic (exact) mass is 282 g/mol. The summed E-state index contributed by atoms with van der Waals surface area (Å²) in [6.07, 6.45) is 0. The van der Waals surface area contributed by atoms with E-state index < -0.39 is 0 Å². The van der Waals surface area contributed by atoms with Crippen molar-refractivity contribution in [2.24, 2.45) is 0 Å². The van der Waals surface area contributed by atoms with Gasteiger partial charge >= 0.3 is 0 Å². The van der Waals surface area contributed by atoms with Crippen LogP contribution in [-0.2, 0) is 0 Å². The van der Waals surface area contributed by atoms with Crippen molar-refractivity contribution >= 4 is 11.4 Å². The van der Waals surface area contributed by atoms with Gasteiger partial charge in [-0.2, -0.15) is 5.26 Å². The molecular formula is C17H18N2O2. The molecule has 21 heavy (non-hydrogen) atoms. The first-order valence-corrected chi connectivity index (χ1v) is 6.93. The Labute approximate surface area is 124 Å². The second-order valence-corrected chi connectivity index (χ2v) is 4.35. The second kappa shape index (κ2) is 7.20. The van der Waals surface area contributed by atoms with Crippen LogP contribution in [0.4, 0.5) is 11.4 Å². The van der Waals surface area contributed by atoms with Crippen molar-refractivity contribution in [3.63, 3.8) is 0 Å². The Morgan fingerprint density at radius 3 is 2.38 bits per heavy atom. The molecule has 4 nitrogen and oxygen atoms in total. The molecule has 0 atom stereocenters. The fourth-order valence-corrected chi connectivity index (χ4v) is 1.96. The first kappa shape index (κ1) is 14.7. The van der Waals surface area contributed by atoms with Gasteiger partial charge in [0.15, 0.2) is 11.5 Å². The van der Waals surface area contributed by atoms with E-state index in [1.165, 1.54) is 0 Å². The zero-order valence-corrected chi connectivity index (χ0v) is 12.2. The molecule has 2 aromatic carbocycles. The van der Waals surface area contributed by atoms with Crippen LogP contribution < -0.4 is 14.8 Å². The molecule has 0 bridgehead atoms. The van der Waals surface area contributed by atoms with Crippen molar-refractivity contribution in [2.45, 2.75) is 13.8 Å². The number of anilines is 2. The first-order valence-electron chi connectivity index (χ1n) is 6.93. The van der Waals surface area contributed by atoms with E-state index in [0.29, 0.717) is 24.5 Å². The summed E-state index contributed by atoms with van der Waals surface area (Å²) in [4.78, 5) is 0. The van der Waals surface area contributed by atoms with Crippen LogP contribution >= 0.6 is 0 Å². The summed E-state index contributed by atoms with van der Waals surface area (Å²) in [5.41, 5.74) is 2.37. The lowest BCUT2D eigenvalue weighted by Crippen LogP contribution is -1.99. The summed E-state index contributed by atoms with van der Waals surface area (Å²) in [7, 11) is 0. The minimum Gasteiger partial charge on any atom is -0.490 e. The van der Waals surface area contributed by atoms with E-state index in [1.807, 2.05) is 44.2 Å². The van der Waals surface area contributed by atoms with Crippen LogP contribution in [0.1, 0.15) is 19.4 Å². The topological polar surface area (TPSA) is 54.3 Å². The third-order valence-electron chi connectivity index (χ3n) is 2.82. The zero-order chi connectivity index (χ0) is 15.1. The predicted molar refractivity (Wildman–Crippen MR) is 83.2 cm³/mol. The van der Waals surface area contributed by atoms with Crippen molar-refractivity contribution in [1.29, 1.82) is 5.26 Å². The van der Waals surface area contributed by atoms with Gasteiger partial charge in [0, 0.05) is 17.4 Å². The molecular weight excluding hydrogens is 264 g/mol. The number of benzene rings is 2. The highest BCUT2D eigenvalue weighted by Crippen LogP contribution is 2.31. The SMILES string of the molecule is CCOc1ccc(Nc2cccc(C#N)c2)cc1OCC. The average molecular weight is 282 g/mol. The van der Waals surface area contributed by atoms with Crippen molar-refractivity contribution in [1.82, 2.24) is 0 Å². The molecule has 1 N–H and O–H groups in total. The summed E-state index contributed by atoms with van der Waals surface area (Å²) in [6.45, 7) is 5.05. The number of hydrogen-bond acceptors (Lipinski definition) is 4. The van der Waals surface area contributed by atoms with Gasteiger partial charge < -0.3 is 14.8 Å². The summed E-state index contributed by atoms with van der Waals surface area (Å²) in [5.74, 6) is 1.44. The van der Waals surface area contributed by atoms with Crippen molar-refractivity contribution < 1.29 is 9.47 Å². The van der Waals surface area contributed by atoms with Gasteiger partial charge in [0.2, 0.25) is 0 Å². The van der Waals surface area contributed by atoms with Crippen LogP contribution in [-0.4, -0.2) is 13.2 Å². The standard InChI is InChI=1S/C17H18N2O2/c1-3-20-16-9-8-15(11-17(16)21-4-2)19-14-7-5-6-13(10-14)12-18/h5-11,19H,3-4H2,1-2H3. The van der Waals surface area contributed by atoms with Crippen LogP contribution in [0.25, 0.3) is 0 Å². The molecule has 0 spiro atoms. The third-order valence-corrected chi connectivity index (χ3v) is 2.82. The zero-order valence-electron chi connectivity index (χ0n) is 12.2. The quantitative estimate of drug-likeness (QED) is 0.866. The van der Waals surface area contributed by atoms with E-state index in [0.717, 1.165) is 17.1 Å². The lowest BCUT2D eigenvalue weighted by molar-refractivity contribution is 0.288. The van der Waals surface area contributed by atoms with E-state index in [-0.39, 0.29) is 0 Å². The van der Waals surface area contributed by atoms with E-state index in [9.17, 15) is 0 Å². The molecule has 0 aromatic heterocycles.